The Bertz CT molecular complexity index is 867. The maximum absolute atomic E-state index is 13.0. The zero-order valence-electron chi connectivity index (χ0n) is 15.5. The van der Waals surface area contributed by atoms with Crippen LogP contribution in [0.5, 0.6) is 5.75 Å². The van der Waals surface area contributed by atoms with Gasteiger partial charge in [-0.25, -0.2) is 4.79 Å². The number of urea groups is 1. The van der Waals surface area contributed by atoms with Crippen molar-refractivity contribution >= 4 is 17.4 Å². The Labute approximate surface area is 165 Å². The lowest BCUT2D eigenvalue weighted by atomic mass is 10.0. The van der Waals surface area contributed by atoms with E-state index in [4.69, 9.17) is 0 Å². The van der Waals surface area contributed by atoms with Crippen LogP contribution in [0.3, 0.4) is 0 Å². The highest BCUT2D eigenvalue weighted by Gasteiger charge is 2.28. The number of nitrogens with zero attached hydrogens (tertiary/aromatic N) is 3. The van der Waals surface area contributed by atoms with Gasteiger partial charge >= 0.3 is 12.6 Å². The monoisotopic (exact) mass is 406 g/mol. The summed E-state index contributed by atoms with van der Waals surface area (Å²) >= 11 is 0. The SMILES string of the molecule is O=C(Nc1cc([N+](=O)[O-])ccc1OC(F)F)N1CCCCCC1c1ccncc1. The number of non-ortho nitro benzene ring substituents is 1. The molecule has 1 aromatic heterocycles. The van der Waals surface area contributed by atoms with Gasteiger partial charge in [0.25, 0.3) is 5.69 Å². The van der Waals surface area contributed by atoms with Gasteiger partial charge < -0.3 is 15.0 Å². The lowest BCUT2D eigenvalue weighted by molar-refractivity contribution is -0.384. The molecule has 154 valence electrons. The van der Waals surface area contributed by atoms with Gasteiger partial charge in [-0.1, -0.05) is 12.8 Å². The third-order valence-corrected chi connectivity index (χ3v) is 4.74. The Morgan fingerprint density at radius 2 is 2.00 bits per heavy atom. The Balaban J connectivity index is 1.88. The van der Waals surface area contributed by atoms with E-state index >= 15 is 0 Å². The molecule has 3 rings (SSSR count). The molecule has 2 aromatic rings. The molecule has 2 amide bonds. The molecule has 1 saturated heterocycles. The Kier molecular flexibility index (Phi) is 6.53. The van der Waals surface area contributed by atoms with Gasteiger partial charge in [-0.3, -0.25) is 15.1 Å². The number of hydrogen-bond acceptors (Lipinski definition) is 5. The number of carbonyl (C=O) groups is 1. The molecule has 0 radical (unpaired) electrons. The fourth-order valence-electron chi connectivity index (χ4n) is 3.40. The summed E-state index contributed by atoms with van der Waals surface area (Å²) in [6.07, 6.45) is 6.73. The summed E-state index contributed by atoms with van der Waals surface area (Å²) in [6.45, 7) is -2.66. The fourth-order valence-corrected chi connectivity index (χ4v) is 3.40. The quantitative estimate of drug-likeness (QED) is 0.571. The number of nitrogens with one attached hydrogen (secondary N) is 1. The van der Waals surface area contributed by atoms with Crippen LogP contribution < -0.4 is 10.1 Å². The van der Waals surface area contributed by atoms with Crippen molar-refractivity contribution in [2.24, 2.45) is 0 Å². The van der Waals surface area contributed by atoms with E-state index in [2.05, 4.69) is 15.0 Å². The van der Waals surface area contributed by atoms with Crippen LogP contribution in [0.4, 0.5) is 25.0 Å². The second-order valence-corrected chi connectivity index (χ2v) is 6.59. The van der Waals surface area contributed by atoms with Crippen LogP contribution in [0.2, 0.25) is 0 Å². The van der Waals surface area contributed by atoms with Crippen LogP contribution in [-0.2, 0) is 0 Å². The van der Waals surface area contributed by atoms with Gasteiger partial charge in [-0.2, -0.15) is 8.78 Å². The van der Waals surface area contributed by atoms with E-state index in [1.807, 2.05) is 12.1 Å². The third-order valence-electron chi connectivity index (χ3n) is 4.74. The number of amides is 2. The molecule has 1 atom stereocenters. The molecular formula is C19H20F2N4O4. The first-order valence-electron chi connectivity index (χ1n) is 9.16. The molecular weight excluding hydrogens is 386 g/mol. The van der Waals surface area contributed by atoms with E-state index in [0.29, 0.717) is 6.54 Å². The summed E-state index contributed by atoms with van der Waals surface area (Å²) < 4.78 is 29.8. The first kappa shape index (κ1) is 20.4. The molecule has 1 N–H and O–H groups in total. The van der Waals surface area contributed by atoms with Gasteiger partial charge in [0.05, 0.1) is 16.7 Å². The van der Waals surface area contributed by atoms with Gasteiger partial charge in [0.1, 0.15) is 5.75 Å². The van der Waals surface area contributed by atoms with E-state index < -0.39 is 17.6 Å². The van der Waals surface area contributed by atoms with Crippen LogP contribution in [0.25, 0.3) is 0 Å². The molecule has 8 nitrogen and oxygen atoms in total. The summed E-state index contributed by atoms with van der Waals surface area (Å²) in [5.74, 6) is -0.339. The standard InChI is InChI=1S/C19H20F2N4O4/c20-18(21)29-17-6-5-14(25(27)28)12-15(17)23-19(26)24-11-3-1-2-4-16(24)13-7-9-22-10-8-13/h5-10,12,16,18H,1-4,11H2,(H,23,26). The molecule has 0 spiro atoms. The van der Waals surface area contributed by atoms with Crippen molar-refractivity contribution in [2.45, 2.75) is 38.3 Å². The maximum atomic E-state index is 13.0. The van der Waals surface area contributed by atoms with Crippen molar-refractivity contribution in [1.82, 2.24) is 9.88 Å². The number of alkyl halides is 2. The summed E-state index contributed by atoms with van der Waals surface area (Å²) in [4.78, 5) is 29.0. The summed E-state index contributed by atoms with van der Waals surface area (Å²) in [6, 6.07) is 6.01. The number of likely N-dealkylation sites (tertiary alicyclic amines) is 1. The topological polar surface area (TPSA) is 97.6 Å². The first-order chi connectivity index (χ1) is 14.0. The number of halogens is 2. The number of nitro benzene ring substituents is 1. The van der Waals surface area contributed by atoms with E-state index in [1.54, 1.807) is 17.3 Å². The van der Waals surface area contributed by atoms with Crippen LogP contribution in [0, 0.1) is 10.1 Å². The summed E-state index contributed by atoms with van der Waals surface area (Å²) in [7, 11) is 0. The minimum atomic E-state index is -3.13. The van der Waals surface area contributed by atoms with E-state index in [9.17, 15) is 23.7 Å². The maximum Gasteiger partial charge on any atom is 0.387 e. The Hall–Kier alpha value is -3.30. The second kappa shape index (κ2) is 9.26. The number of rotatable bonds is 5. The van der Waals surface area contributed by atoms with E-state index in [1.165, 1.54) is 0 Å². The molecule has 0 saturated carbocycles. The number of anilines is 1. The minimum Gasteiger partial charge on any atom is -0.433 e. The minimum absolute atomic E-state index is 0.178. The normalized spacial score (nSPS) is 16.9. The smallest absolute Gasteiger partial charge is 0.387 e. The third kappa shape index (κ3) is 5.15. The van der Waals surface area contributed by atoms with Gasteiger partial charge in [0, 0.05) is 31.1 Å². The Morgan fingerprint density at radius 3 is 2.69 bits per heavy atom. The summed E-state index contributed by atoms with van der Waals surface area (Å²) in [5.41, 5.74) is 0.394. The van der Waals surface area contributed by atoms with Crippen molar-refractivity contribution in [1.29, 1.82) is 0 Å². The highest BCUT2D eigenvalue weighted by atomic mass is 19.3. The van der Waals surface area contributed by atoms with Crippen LogP contribution in [0.1, 0.15) is 37.3 Å². The highest BCUT2D eigenvalue weighted by Crippen LogP contribution is 2.33. The lowest BCUT2D eigenvalue weighted by Crippen LogP contribution is -2.38. The van der Waals surface area contributed by atoms with E-state index in [-0.39, 0.29) is 23.2 Å². The largest absolute Gasteiger partial charge is 0.433 e. The van der Waals surface area contributed by atoms with Gasteiger partial charge in [-0.05, 0) is 36.6 Å². The molecule has 1 aromatic carbocycles. The van der Waals surface area contributed by atoms with Crippen molar-refractivity contribution in [3.63, 3.8) is 0 Å². The first-order valence-corrected chi connectivity index (χ1v) is 9.16. The molecule has 1 fully saturated rings. The zero-order chi connectivity index (χ0) is 20.8. The second-order valence-electron chi connectivity index (χ2n) is 6.59. The molecule has 29 heavy (non-hydrogen) atoms. The number of benzene rings is 1. The van der Waals surface area contributed by atoms with Crippen molar-refractivity contribution < 1.29 is 23.2 Å². The van der Waals surface area contributed by atoms with Crippen LogP contribution in [0.15, 0.2) is 42.7 Å². The number of aromatic nitrogens is 1. The number of carbonyl (C=O) groups excluding carboxylic acids is 1. The lowest BCUT2D eigenvalue weighted by Gasteiger charge is -2.30. The molecule has 0 bridgehead atoms. The van der Waals surface area contributed by atoms with Gasteiger partial charge in [0.15, 0.2) is 0 Å². The predicted octanol–water partition coefficient (Wildman–Crippen LogP) is 4.74. The fraction of sp³-hybridized carbons (Fsp3) is 0.368. The van der Waals surface area contributed by atoms with Crippen LogP contribution in [-0.4, -0.2) is 34.0 Å². The number of nitro groups is 1. The number of hydrogen-bond donors (Lipinski definition) is 1. The molecule has 1 aliphatic heterocycles. The number of ether oxygens (including phenoxy) is 1. The molecule has 10 heteroatoms. The molecule has 1 aliphatic rings. The number of pyridine rings is 1. The summed E-state index contributed by atoms with van der Waals surface area (Å²) in [5, 5.41) is 13.6. The van der Waals surface area contributed by atoms with Gasteiger partial charge in [-0.15, -0.1) is 0 Å². The van der Waals surface area contributed by atoms with Crippen molar-refractivity contribution in [3.05, 3.63) is 58.4 Å². The Morgan fingerprint density at radius 1 is 1.24 bits per heavy atom. The highest BCUT2D eigenvalue weighted by molar-refractivity contribution is 5.91. The average molecular weight is 406 g/mol. The molecule has 1 unspecified atom stereocenters. The van der Waals surface area contributed by atoms with Crippen molar-refractivity contribution in [3.8, 4) is 5.75 Å². The predicted molar refractivity (Wildman–Crippen MR) is 101 cm³/mol. The molecule has 0 aliphatic carbocycles. The average Bonchev–Trinajstić information content (AvgIpc) is 2.95. The zero-order valence-corrected chi connectivity index (χ0v) is 15.5. The van der Waals surface area contributed by atoms with Crippen LogP contribution >= 0.6 is 0 Å². The van der Waals surface area contributed by atoms with E-state index in [0.717, 1.165) is 49.4 Å². The molecule has 2 heterocycles. The van der Waals surface area contributed by atoms with Gasteiger partial charge in [0.2, 0.25) is 0 Å². The van der Waals surface area contributed by atoms with Crippen molar-refractivity contribution in [2.75, 3.05) is 11.9 Å².